The number of anilines is 1. The average Bonchev–Trinajstić information content (AvgIpc) is 2.70. The summed E-state index contributed by atoms with van der Waals surface area (Å²) < 4.78 is 0. The van der Waals surface area contributed by atoms with Gasteiger partial charge >= 0.3 is 0 Å². The molecule has 0 unspecified atom stereocenters. The highest BCUT2D eigenvalue weighted by molar-refractivity contribution is 6.03. The number of amides is 2. The molecule has 2 aromatic carbocycles. The SMILES string of the molecule is N#Cc1ccc(NC(=O)CC(=O)N2CCN(Cc3ccccc3)CC2)cc1. The lowest BCUT2D eigenvalue weighted by atomic mass is 10.2. The summed E-state index contributed by atoms with van der Waals surface area (Å²) >= 11 is 0. The molecule has 1 aliphatic heterocycles. The fourth-order valence-corrected chi connectivity index (χ4v) is 3.08. The van der Waals surface area contributed by atoms with Crippen LogP contribution >= 0.6 is 0 Å². The maximum absolute atomic E-state index is 12.4. The van der Waals surface area contributed by atoms with E-state index in [1.807, 2.05) is 24.3 Å². The van der Waals surface area contributed by atoms with Crippen molar-refractivity contribution in [3.63, 3.8) is 0 Å². The van der Waals surface area contributed by atoms with Crippen molar-refractivity contribution >= 4 is 17.5 Å². The normalized spacial score (nSPS) is 14.4. The summed E-state index contributed by atoms with van der Waals surface area (Å²) in [6.07, 6.45) is -0.168. The highest BCUT2D eigenvalue weighted by Crippen LogP contribution is 2.11. The van der Waals surface area contributed by atoms with Crippen LogP contribution < -0.4 is 5.32 Å². The van der Waals surface area contributed by atoms with Crippen LogP contribution in [0.3, 0.4) is 0 Å². The van der Waals surface area contributed by atoms with Crippen molar-refractivity contribution in [2.45, 2.75) is 13.0 Å². The largest absolute Gasteiger partial charge is 0.340 e. The van der Waals surface area contributed by atoms with Crippen LogP contribution in [0.1, 0.15) is 17.5 Å². The molecule has 3 rings (SSSR count). The molecular formula is C21H22N4O2. The van der Waals surface area contributed by atoms with Gasteiger partial charge in [-0.25, -0.2) is 0 Å². The van der Waals surface area contributed by atoms with Gasteiger partial charge in [0.05, 0.1) is 11.6 Å². The van der Waals surface area contributed by atoms with Gasteiger partial charge < -0.3 is 10.2 Å². The van der Waals surface area contributed by atoms with E-state index in [0.29, 0.717) is 24.3 Å². The van der Waals surface area contributed by atoms with E-state index in [4.69, 9.17) is 5.26 Å². The number of carbonyl (C=O) groups excluding carboxylic acids is 2. The summed E-state index contributed by atoms with van der Waals surface area (Å²) in [6, 6.07) is 18.9. The van der Waals surface area contributed by atoms with E-state index in [9.17, 15) is 9.59 Å². The molecular weight excluding hydrogens is 340 g/mol. The van der Waals surface area contributed by atoms with Crippen molar-refractivity contribution in [2.24, 2.45) is 0 Å². The van der Waals surface area contributed by atoms with E-state index in [0.717, 1.165) is 19.6 Å². The van der Waals surface area contributed by atoms with Crippen molar-refractivity contribution in [2.75, 3.05) is 31.5 Å². The summed E-state index contributed by atoms with van der Waals surface area (Å²) in [6.45, 7) is 3.75. The van der Waals surface area contributed by atoms with Gasteiger partial charge in [-0.15, -0.1) is 0 Å². The van der Waals surface area contributed by atoms with Gasteiger partial charge in [0, 0.05) is 38.4 Å². The number of nitrogens with zero attached hydrogens (tertiary/aromatic N) is 3. The smallest absolute Gasteiger partial charge is 0.233 e. The van der Waals surface area contributed by atoms with E-state index in [2.05, 4.69) is 22.3 Å². The minimum atomic E-state index is -0.337. The van der Waals surface area contributed by atoms with Crippen LogP contribution in [-0.4, -0.2) is 47.8 Å². The maximum atomic E-state index is 12.4. The minimum absolute atomic E-state index is 0.152. The van der Waals surface area contributed by atoms with Gasteiger partial charge in [-0.05, 0) is 29.8 Å². The Morgan fingerprint density at radius 3 is 2.26 bits per heavy atom. The van der Waals surface area contributed by atoms with E-state index in [-0.39, 0.29) is 18.2 Å². The molecule has 0 aromatic heterocycles. The molecule has 2 amide bonds. The number of nitrogens with one attached hydrogen (secondary N) is 1. The van der Waals surface area contributed by atoms with E-state index in [1.165, 1.54) is 5.56 Å². The summed E-state index contributed by atoms with van der Waals surface area (Å²) in [5.74, 6) is -0.489. The number of carbonyl (C=O) groups is 2. The van der Waals surface area contributed by atoms with Gasteiger partial charge in [0.2, 0.25) is 11.8 Å². The minimum Gasteiger partial charge on any atom is -0.340 e. The Labute approximate surface area is 159 Å². The number of piperazine rings is 1. The van der Waals surface area contributed by atoms with Crippen LogP contribution in [0.4, 0.5) is 5.69 Å². The van der Waals surface area contributed by atoms with Crippen molar-refractivity contribution < 1.29 is 9.59 Å². The first kappa shape index (κ1) is 18.6. The molecule has 27 heavy (non-hydrogen) atoms. The Morgan fingerprint density at radius 1 is 0.963 bits per heavy atom. The van der Waals surface area contributed by atoms with Gasteiger partial charge in [0.1, 0.15) is 6.42 Å². The average molecular weight is 362 g/mol. The second-order valence-corrected chi connectivity index (χ2v) is 6.56. The topological polar surface area (TPSA) is 76.4 Å². The van der Waals surface area contributed by atoms with E-state index in [1.54, 1.807) is 29.2 Å². The lowest BCUT2D eigenvalue weighted by molar-refractivity contribution is -0.136. The Morgan fingerprint density at radius 2 is 1.63 bits per heavy atom. The number of rotatable bonds is 5. The molecule has 1 saturated heterocycles. The Balaban J connectivity index is 1.43. The third-order valence-electron chi connectivity index (χ3n) is 4.58. The van der Waals surface area contributed by atoms with Crippen molar-refractivity contribution in [3.05, 3.63) is 65.7 Å². The summed E-state index contributed by atoms with van der Waals surface area (Å²) in [5, 5.41) is 11.5. The number of benzene rings is 2. The molecule has 1 N–H and O–H groups in total. The van der Waals surface area contributed by atoms with Crippen LogP contribution in [-0.2, 0) is 16.1 Å². The third-order valence-corrected chi connectivity index (χ3v) is 4.58. The Hall–Kier alpha value is -3.17. The highest BCUT2D eigenvalue weighted by atomic mass is 16.2. The zero-order valence-electron chi connectivity index (χ0n) is 15.1. The first-order chi connectivity index (χ1) is 13.1. The van der Waals surface area contributed by atoms with E-state index >= 15 is 0 Å². The zero-order chi connectivity index (χ0) is 19.1. The number of nitriles is 1. The van der Waals surface area contributed by atoms with Crippen molar-refractivity contribution in [3.8, 4) is 6.07 Å². The standard InChI is InChI=1S/C21H22N4O2/c22-15-17-6-8-19(9-7-17)23-20(26)14-21(27)25-12-10-24(11-13-25)16-18-4-2-1-3-5-18/h1-9H,10-14,16H2,(H,23,26). The summed E-state index contributed by atoms with van der Waals surface area (Å²) in [4.78, 5) is 28.5. The zero-order valence-corrected chi connectivity index (χ0v) is 15.1. The molecule has 0 bridgehead atoms. The molecule has 1 aliphatic rings. The molecule has 0 atom stereocenters. The second kappa shape index (κ2) is 8.97. The first-order valence-electron chi connectivity index (χ1n) is 8.98. The lowest BCUT2D eigenvalue weighted by Crippen LogP contribution is -2.48. The van der Waals surface area contributed by atoms with Gasteiger partial charge in [-0.2, -0.15) is 5.26 Å². The van der Waals surface area contributed by atoms with Crippen LogP contribution in [0.2, 0.25) is 0 Å². The van der Waals surface area contributed by atoms with Gasteiger partial charge in [-0.3, -0.25) is 14.5 Å². The molecule has 138 valence electrons. The molecule has 0 radical (unpaired) electrons. The maximum Gasteiger partial charge on any atom is 0.233 e. The Kier molecular flexibility index (Phi) is 6.18. The molecule has 0 spiro atoms. The van der Waals surface area contributed by atoms with Crippen LogP contribution in [0.25, 0.3) is 0 Å². The van der Waals surface area contributed by atoms with Crippen LogP contribution in [0, 0.1) is 11.3 Å². The third kappa shape index (κ3) is 5.40. The fourth-order valence-electron chi connectivity index (χ4n) is 3.08. The lowest BCUT2D eigenvalue weighted by Gasteiger charge is -2.34. The number of hydrogen-bond donors (Lipinski definition) is 1. The Bertz CT molecular complexity index is 820. The van der Waals surface area contributed by atoms with E-state index < -0.39 is 0 Å². The second-order valence-electron chi connectivity index (χ2n) is 6.56. The first-order valence-corrected chi connectivity index (χ1v) is 8.98. The van der Waals surface area contributed by atoms with Crippen LogP contribution in [0.15, 0.2) is 54.6 Å². The quantitative estimate of drug-likeness (QED) is 0.828. The summed E-state index contributed by atoms with van der Waals surface area (Å²) in [7, 11) is 0. The van der Waals surface area contributed by atoms with Gasteiger partial charge in [0.15, 0.2) is 0 Å². The summed E-state index contributed by atoms with van der Waals surface area (Å²) in [5.41, 5.74) is 2.37. The molecule has 1 heterocycles. The van der Waals surface area contributed by atoms with Crippen LogP contribution in [0.5, 0.6) is 0 Å². The fraction of sp³-hybridized carbons (Fsp3) is 0.286. The monoisotopic (exact) mass is 362 g/mol. The molecule has 0 saturated carbocycles. The molecule has 1 fully saturated rings. The molecule has 6 nitrogen and oxygen atoms in total. The molecule has 6 heteroatoms. The van der Waals surface area contributed by atoms with Gasteiger partial charge in [0.25, 0.3) is 0 Å². The molecule has 0 aliphatic carbocycles. The molecule has 2 aromatic rings. The van der Waals surface area contributed by atoms with Crippen molar-refractivity contribution in [1.82, 2.24) is 9.80 Å². The highest BCUT2D eigenvalue weighted by Gasteiger charge is 2.22. The van der Waals surface area contributed by atoms with Crippen molar-refractivity contribution in [1.29, 1.82) is 5.26 Å². The predicted octanol–water partition coefficient (Wildman–Crippen LogP) is 2.23. The van der Waals surface area contributed by atoms with Gasteiger partial charge in [-0.1, -0.05) is 30.3 Å². The number of hydrogen-bond acceptors (Lipinski definition) is 4. The predicted molar refractivity (Wildman–Crippen MR) is 103 cm³/mol.